The van der Waals surface area contributed by atoms with Crippen molar-refractivity contribution in [2.24, 2.45) is 5.14 Å². The van der Waals surface area contributed by atoms with Crippen LogP contribution in [-0.4, -0.2) is 42.0 Å². The van der Waals surface area contributed by atoms with Gasteiger partial charge in [-0.3, -0.25) is 0 Å². The summed E-state index contributed by atoms with van der Waals surface area (Å²) in [6.45, 7) is 3.80. The number of benzene rings is 2. The van der Waals surface area contributed by atoms with Crippen LogP contribution < -0.4 is 5.14 Å². The second-order valence-corrected chi connectivity index (χ2v) is 9.61. The Hall–Kier alpha value is -2.47. The molecule has 0 saturated heterocycles. The van der Waals surface area contributed by atoms with Crippen LogP contribution in [0.3, 0.4) is 0 Å². The molecule has 0 amide bonds. The predicted molar refractivity (Wildman–Crippen MR) is 109 cm³/mol. The molecule has 2 N–H and O–H groups in total. The van der Waals surface area contributed by atoms with E-state index in [1.807, 2.05) is 0 Å². The van der Waals surface area contributed by atoms with Crippen molar-refractivity contribution in [3.05, 3.63) is 59.7 Å². The number of ether oxygens (including phenoxy) is 2. The molecule has 0 saturated carbocycles. The maximum absolute atomic E-state index is 11.3. The largest absolute Gasteiger partial charge is 0.462 e. The number of primary sulfonamides is 1. The van der Waals surface area contributed by atoms with Gasteiger partial charge in [0.2, 0.25) is 10.0 Å². The Morgan fingerprint density at radius 1 is 0.833 bits per heavy atom. The van der Waals surface area contributed by atoms with Crippen LogP contribution in [0.1, 0.15) is 34.6 Å². The highest BCUT2D eigenvalue weighted by molar-refractivity contribution is 8.13. The molecule has 30 heavy (non-hydrogen) atoms. The molecule has 9 nitrogen and oxygen atoms in total. The number of rotatable bonds is 6. The van der Waals surface area contributed by atoms with Crippen LogP contribution in [0.2, 0.25) is 0 Å². The molecule has 0 unspecified atom stereocenters. The van der Waals surface area contributed by atoms with Gasteiger partial charge >= 0.3 is 11.9 Å². The highest BCUT2D eigenvalue weighted by Gasteiger charge is 2.14. The van der Waals surface area contributed by atoms with E-state index in [1.54, 1.807) is 13.8 Å². The number of hydrogen-bond donors (Lipinski definition) is 1. The third kappa shape index (κ3) is 8.11. The van der Waals surface area contributed by atoms with E-state index in [9.17, 15) is 26.4 Å². The molecule has 2 aromatic rings. The standard InChI is InChI=1S/C9H9ClO4S.C9H11NO4S/c2*1-2-14-9(11)7-4-3-5-8(6-7)15(10,12)13/h3-6H,2H2,1H3;3-6H,2H2,1H3,(H2,10,12,13). The second kappa shape index (κ2) is 11.1. The van der Waals surface area contributed by atoms with Gasteiger partial charge in [-0.15, -0.1) is 0 Å². The Balaban J connectivity index is 0.000000300. The molecular weight excluding hydrogens is 458 g/mol. The van der Waals surface area contributed by atoms with Gasteiger partial charge in [0.15, 0.2) is 0 Å². The zero-order valence-corrected chi connectivity index (χ0v) is 18.5. The fourth-order valence-corrected chi connectivity index (χ4v) is 3.36. The molecule has 2 rings (SSSR count). The van der Waals surface area contributed by atoms with E-state index in [0.717, 1.165) is 0 Å². The summed E-state index contributed by atoms with van der Waals surface area (Å²) in [5.74, 6) is -1.14. The van der Waals surface area contributed by atoms with Crippen molar-refractivity contribution in [1.82, 2.24) is 0 Å². The number of nitrogens with two attached hydrogens (primary N) is 1. The van der Waals surface area contributed by atoms with Gasteiger partial charge in [0.05, 0.1) is 34.1 Å². The van der Waals surface area contributed by atoms with E-state index in [4.69, 9.17) is 25.3 Å². The second-order valence-electron chi connectivity index (χ2n) is 5.48. The topological polar surface area (TPSA) is 147 Å². The van der Waals surface area contributed by atoms with Crippen molar-refractivity contribution in [3.8, 4) is 0 Å². The van der Waals surface area contributed by atoms with Gasteiger partial charge in [-0.2, -0.15) is 0 Å². The maximum atomic E-state index is 11.3. The minimum absolute atomic E-state index is 0.104. The summed E-state index contributed by atoms with van der Waals surface area (Å²) in [6, 6.07) is 10.8. The molecule has 0 heterocycles. The summed E-state index contributed by atoms with van der Waals surface area (Å²) in [7, 11) is -2.46. The van der Waals surface area contributed by atoms with Crippen LogP contribution in [0.15, 0.2) is 58.3 Å². The van der Waals surface area contributed by atoms with Gasteiger partial charge < -0.3 is 9.47 Å². The van der Waals surface area contributed by atoms with Gasteiger partial charge in [0.1, 0.15) is 0 Å². The lowest BCUT2D eigenvalue weighted by atomic mass is 10.2. The zero-order valence-electron chi connectivity index (χ0n) is 16.1. The molecule has 164 valence electrons. The quantitative estimate of drug-likeness (QED) is 0.492. The number of esters is 2. The Bertz CT molecular complexity index is 1030. The highest BCUT2D eigenvalue weighted by Crippen LogP contribution is 2.16. The van der Waals surface area contributed by atoms with Crippen molar-refractivity contribution in [2.45, 2.75) is 23.6 Å². The van der Waals surface area contributed by atoms with Gasteiger partial charge in [-0.1, -0.05) is 12.1 Å². The lowest BCUT2D eigenvalue weighted by Gasteiger charge is -2.03. The summed E-state index contributed by atoms with van der Waals surface area (Å²) >= 11 is 0. The Morgan fingerprint density at radius 2 is 1.23 bits per heavy atom. The van der Waals surface area contributed by atoms with Crippen LogP contribution in [0.4, 0.5) is 0 Å². The van der Waals surface area contributed by atoms with Crippen LogP contribution >= 0.6 is 10.7 Å². The Labute approximate surface area is 179 Å². The van der Waals surface area contributed by atoms with E-state index < -0.39 is 31.0 Å². The molecule has 0 aromatic heterocycles. The monoisotopic (exact) mass is 477 g/mol. The fraction of sp³-hybridized carbons (Fsp3) is 0.222. The van der Waals surface area contributed by atoms with E-state index in [1.165, 1.54) is 48.5 Å². The zero-order chi connectivity index (χ0) is 22.9. The van der Waals surface area contributed by atoms with Crippen molar-refractivity contribution < 1.29 is 35.9 Å². The molecule has 2 aromatic carbocycles. The van der Waals surface area contributed by atoms with E-state index in [0.29, 0.717) is 0 Å². The summed E-state index contributed by atoms with van der Waals surface area (Å²) in [5, 5.41) is 4.92. The number of carbonyl (C=O) groups is 2. The first-order valence-electron chi connectivity index (χ1n) is 8.42. The van der Waals surface area contributed by atoms with Gasteiger partial charge in [0.25, 0.3) is 9.05 Å². The minimum Gasteiger partial charge on any atom is -0.462 e. The van der Waals surface area contributed by atoms with Crippen LogP contribution in [-0.2, 0) is 28.5 Å². The molecule has 0 aliphatic carbocycles. The molecule has 0 aliphatic heterocycles. The summed E-state index contributed by atoms with van der Waals surface area (Å²) in [5.41, 5.74) is 0.335. The van der Waals surface area contributed by atoms with E-state index in [2.05, 4.69) is 0 Å². The number of sulfonamides is 1. The molecule has 0 atom stereocenters. The van der Waals surface area contributed by atoms with Gasteiger partial charge in [-0.05, 0) is 50.2 Å². The molecule has 0 bridgehead atoms. The molecule has 0 spiro atoms. The molecule has 0 radical (unpaired) electrons. The highest BCUT2D eigenvalue weighted by atomic mass is 35.7. The minimum atomic E-state index is -3.81. The summed E-state index contributed by atoms with van der Waals surface area (Å²) in [4.78, 5) is 22.3. The lowest BCUT2D eigenvalue weighted by Crippen LogP contribution is -2.13. The first-order valence-corrected chi connectivity index (χ1v) is 12.3. The number of carbonyl (C=O) groups excluding carboxylic acids is 2. The van der Waals surface area contributed by atoms with E-state index >= 15 is 0 Å². The van der Waals surface area contributed by atoms with Crippen molar-refractivity contribution in [1.29, 1.82) is 0 Å². The van der Waals surface area contributed by atoms with Gasteiger partial charge in [-0.25, -0.2) is 31.6 Å². The third-order valence-corrected chi connectivity index (χ3v) is 5.56. The third-order valence-electron chi connectivity index (χ3n) is 3.30. The fourth-order valence-electron chi connectivity index (χ4n) is 2.00. The lowest BCUT2D eigenvalue weighted by molar-refractivity contribution is 0.0516. The maximum Gasteiger partial charge on any atom is 0.338 e. The Kier molecular flexibility index (Phi) is 9.43. The smallest absolute Gasteiger partial charge is 0.338 e. The Morgan fingerprint density at radius 3 is 1.60 bits per heavy atom. The first kappa shape index (κ1) is 25.6. The molecule has 0 fully saturated rings. The summed E-state index contributed by atoms with van der Waals surface area (Å²) < 4.78 is 53.4. The molecular formula is C18H20ClNO8S2. The van der Waals surface area contributed by atoms with Gasteiger partial charge in [0, 0.05) is 10.7 Å². The van der Waals surface area contributed by atoms with Crippen LogP contribution in [0.25, 0.3) is 0 Å². The number of halogens is 1. The normalized spacial score (nSPS) is 11.1. The average Bonchev–Trinajstić information content (AvgIpc) is 2.68. The summed E-state index contributed by atoms with van der Waals surface area (Å²) in [6.07, 6.45) is 0. The SMILES string of the molecule is CCOC(=O)c1cccc(S(=O)(=O)Cl)c1.CCOC(=O)c1cccc(S(N)(=O)=O)c1. The number of hydrogen-bond acceptors (Lipinski definition) is 8. The first-order chi connectivity index (χ1) is 13.9. The van der Waals surface area contributed by atoms with Crippen molar-refractivity contribution >= 4 is 41.7 Å². The predicted octanol–water partition coefficient (Wildman–Crippen LogP) is 2.30. The van der Waals surface area contributed by atoms with E-state index in [-0.39, 0.29) is 34.1 Å². The molecule has 0 aliphatic rings. The average molecular weight is 478 g/mol. The van der Waals surface area contributed by atoms with Crippen LogP contribution in [0.5, 0.6) is 0 Å². The molecule has 12 heteroatoms. The van der Waals surface area contributed by atoms with Crippen molar-refractivity contribution in [2.75, 3.05) is 13.2 Å². The van der Waals surface area contributed by atoms with Crippen molar-refractivity contribution in [3.63, 3.8) is 0 Å². The van der Waals surface area contributed by atoms with Crippen LogP contribution in [0, 0.1) is 0 Å².